The van der Waals surface area contributed by atoms with Crippen LogP contribution in [0.15, 0.2) is 30.6 Å². The summed E-state index contributed by atoms with van der Waals surface area (Å²) >= 11 is 0. The third-order valence-electron chi connectivity index (χ3n) is 5.96. The maximum Gasteiger partial charge on any atom is 0.254 e. The van der Waals surface area contributed by atoms with Gasteiger partial charge in [0.25, 0.3) is 5.91 Å². The van der Waals surface area contributed by atoms with Crippen LogP contribution in [-0.4, -0.2) is 27.6 Å². The lowest BCUT2D eigenvalue weighted by Gasteiger charge is -2.26. The molecule has 1 fully saturated rings. The van der Waals surface area contributed by atoms with Crippen molar-refractivity contribution in [3.05, 3.63) is 47.3 Å². The van der Waals surface area contributed by atoms with E-state index >= 15 is 0 Å². The quantitative estimate of drug-likeness (QED) is 0.678. The van der Waals surface area contributed by atoms with Crippen molar-refractivity contribution in [2.75, 3.05) is 5.73 Å². The smallest absolute Gasteiger partial charge is 0.254 e. The molecule has 0 radical (unpaired) electrons. The van der Waals surface area contributed by atoms with Gasteiger partial charge >= 0.3 is 0 Å². The summed E-state index contributed by atoms with van der Waals surface area (Å²) in [5.74, 6) is -0.218. The van der Waals surface area contributed by atoms with E-state index in [0.29, 0.717) is 5.56 Å². The molecule has 0 spiro atoms. The van der Waals surface area contributed by atoms with Gasteiger partial charge in [0.05, 0.1) is 17.8 Å². The Labute approximate surface area is 171 Å². The minimum Gasteiger partial charge on any atom is -0.399 e. The van der Waals surface area contributed by atoms with Gasteiger partial charge in [-0.25, -0.2) is 0 Å². The van der Waals surface area contributed by atoms with E-state index in [1.807, 2.05) is 18.2 Å². The Balaban J connectivity index is 1.35. The second-order valence-electron chi connectivity index (χ2n) is 8.21. The van der Waals surface area contributed by atoms with Gasteiger partial charge < -0.3 is 16.4 Å². The van der Waals surface area contributed by atoms with Crippen molar-refractivity contribution in [1.82, 2.24) is 20.4 Å². The number of rotatable bonds is 5. The number of hydrogen-bond acceptors (Lipinski definition) is 4. The Morgan fingerprint density at radius 1 is 1.10 bits per heavy atom. The van der Waals surface area contributed by atoms with Gasteiger partial charge in [-0.2, -0.15) is 5.10 Å². The highest BCUT2D eigenvalue weighted by Gasteiger charge is 2.23. The number of nitrogens with two attached hydrogens (primary N) is 1. The van der Waals surface area contributed by atoms with Crippen molar-refractivity contribution < 1.29 is 9.59 Å². The Bertz CT molecular complexity index is 885. The first kappa shape index (κ1) is 19.5. The molecule has 1 atom stereocenters. The second kappa shape index (κ2) is 8.68. The van der Waals surface area contributed by atoms with Crippen LogP contribution in [0.1, 0.15) is 72.5 Å². The van der Waals surface area contributed by atoms with Gasteiger partial charge in [-0.05, 0) is 55.4 Å². The van der Waals surface area contributed by atoms with E-state index < -0.39 is 0 Å². The van der Waals surface area contributed by atoms with E-state index in [1.165, 1.54) is 35.7 Å². The molecule has 7 heteroatoms. The standard InChI is InChI=1S/C22H29N5O2/c23-17-9-10-19-15(11-17)5-4-8-20(19)26-22(29)16-12-24-27(13-16)14-21(28)25-18-6-2-1-3-7-18/h9-13,18,20H,1-8,14,23H2,(H,25,28)(H,26,29). The predicted octanol–water partition coefficient (Wildman–Crippen LogP) is 2.72. The first-order valence-corrected chi connectivity index (χ1v) is 10.6. The summed E-state index contributed by atoms with van der Waals surface area (Å²) in [7, 11) is 0. The summed E-state index contributed by atoms with van der Waals surface area (Å²) < 4.78 is 1.53. The number of carbonyl (C=O) groups is 2. The molecule has 1 aromatic carbocycles. The monoisotopic (exact) mass is 395 g/mol. The van der Waals surface area contributed by atoms with Crippen LogP contribution in [-0.2, 0) is 17.8 Å². The highest BCUT2D eigenvalue weighted by molar-refractivity contribution is 5.94. The minimum absolute atomic E-state index is 0.0233. The number of anilines is 1. The number of nitrogens with zero attached hydrogens (tertiary/aromatic N) is 2. The van der Waals surface area contributed by atoms with Crippen molar-refractivity contribution in [2.24, 2.45) is 0 Å². The highest BCUT2D eigenvalue weighted by atomic mass is 16.2. The van der Waals surface area contributed by atoms with Crippen LogP contribution in [0, 0.1) is 0 Å². The Morgan fingerprint density at radius 2 is 1.93 bits per heavy atom. The van der Waals surface area contributed by atoms with Crippen LogP contribution in [0.25, 0.3) is 0 Å². The second-order valence-corrected chi connectivity index (χ2v) is 8.21. The Hall–Kier alpha value is -2.83. The molecule has 0 saturated heterocycles. The van der Waals surface area contributed by atoms with Gasteiger partial charge in [0.2, 0.25) is 5.91 Å². The van der Waals surface area contributed by atoms with E-state index in [0.717, 1.165) is 43.4 Å². The molecule has 1 unspecified atom stereocenters. The van der Waals surface area contributed by atoms with Crippen molar-refractivity contribution in [2.45, 2.75) is 70.0 Å². The van der Waals surface area contributed by atoms with E-state index in [2.05, 4.69) is 15.7 Å². The zero-order valence-electron chi connectivity index (χ0n) is 16.7. The summed E-state index contributed by atoms with van der Waals surface area (Å²) in [6.07, 6.45) is 11.8. The van der Waals surface area contributed by atoms with Crippen molar-refractivity contribution >= 4 is 17.5 Å². The fourth-order valence-electron chi connectivity index (χ4n) is 4.46. The van der Waals surface area contributed by atoms with Crippen molar-refractivity contribution in [1.29, 1.82) is 0 Å². The molecule has 154 valence electrons. The molecular weight excluding hydrogens is 366 g/mol. The molecule has 2 aliphatic carbocycles. The van der Waals surface area contributed by atoms with Gasteiger partial charge in [-0.3, -0.25) is 14.3 Å². The number of carbonyl (C=O) groups excluding carboxylic acids is 2. The molecule has 2 amide bonds. The van der Waals surface area contributed by atoms with Crippen LogP contribution in [0.4, 0.5) is 5.69 Å². The molecule has 2 aromatic rings. The lowest BCUT2D eigenvalue weighted by atomic mass is 9.87. The molecule has 29 heavy (non-hydrogen) atoms. The number of aryl methyl sites for hydroxylation is 1. The summed E-state index contributed by atoms with van der Waals surface area (Å²) in [6, 6.07) is 6.14. The van der Waals surface area contributed by atoms with Gasteiger partial charge in [0, 0.05) is 17.9 Å². The lowest BCUT2D eigenvalue weighted by Crippen LogP contribution is -2.38. The van der Waals surface area contributed by atoms with Crippen LogP contribution >= 0.6 is 0 Å². The van der Waals surface area contributed by atoms with Gasteiger partial charge in [0.1, 0.15) is 6.54 Å². The number of hydrogen-bond donors (Lipinski definition) is 3. The van der Waals surface area contributed by atoms with E-state index in [4.69, 9.17) is 5.73 Å². The van der Waals surface area contributed by atoms with Crippen LogP contribution < -0.4 is 16.4 Å². The fraction of sp³-hybridized carbons (Fsp3) is 0.500. The highest BCUT2D eigenvalue weighted by Crippen LogP contribution is 2.31. The molecule has 0 aliphatic heterocycles. The Kier molecular flexibility index (Phi) is 5.83. The van der Waals surface area contributed by atoms with Crippen molar-refractivity contribution in [3.63, 3.8) is 0 Å². The third kappa shape index (κ3) is 4.78. The zero-order chi connectivity index (χ0) is 20.2. The largest absolute Gasteiger partial charge is 0.399 e. The summed E-state index contributed by atoms with van der Waals surface area (Å²) in [6.45, 7) is 0.134. The first-order valence-electron chi connectivity index (χ1n) is 10.6. The van der Waals surface area contributed by atoms with Crippen LogP contribution in [0.2, 0.25) is 0 Å². The molecule has 0 bridgehead atoms. The average Bonchev–Trinajstić information content (AvgIpc) is 3.17. The number of benzene rings is 1. The molecule has 1 saturated carbocycles. The number of aromatic nitrogens is 2. The number of nitrogen functional groups attached to an aromatic ring is 1. The number of fused-ring (bicyclic) bond motifs is 1. The lowest BCUT2D eigenvalue weighted by molar-refractivity contribution is -0.122. The number of nitrogens with one attached hydrogen (secondary N) is 2. The molecule has 7 nitrogen and oxygen atoms in total. The molecular formula is C22H29N5O2. The molecule has 4 rings (SSSR count). The van der Waals surface area contributed by atoms with Crippen LogP contribution in [0.5, 0.6) is 0 Å². The molecule has 2 aliphatic rings. The fourth-order valence-corrected chi connectivity index (χ4v) is 4.46. The summed E-state index contributed by atoms with van der Waals surface area (Å²) in [5.41, 5.74) is 9.46. The van der Waals surface area contributed by atoms with Gasteiger partial charge in [0.15, 0.2) is 0 Å². The zero-order valence-corrected chi connectivity index (χ0v) is 16.7. The summed E-state index contributed by atoms with van der Waals surface area (Å²) in [5, 5.41) is 10.4. The average molecular weight is 396 g/mol. The summed E-state index contributed by atoms with van der Waals surface area (Å²) in [4.78, 5) is 25.0. The minimum atomic E-state index is -0.168. The third-order valence-corrected chi connectivity index (χ3v) is 5.96. The molecule has 1 heterocycles. The van der Waals surface area contributed by atoms with Gasteiger partial charge in [-0.1, -0.05) is 25.3 Å². The first-order chi connectivity index (χ1) is 14.1. The van der Waals surface area contributed by atoms with E-state index in [-0.39, 0.29) is 30.4 Å². The van der Waals surface area contributed by atoms with Gasteiger partial charge in [-0.15, -0.1) is 0 Å². The molecule has 1 aromatic heterocycles. The molecule has 4 N–H and O–H groups in total. The number of amides is 2. The maximum atomic E-state index is 12.7. The maximum absolute atomic E-state index is 12.7. The topological polar surface area (TPSA) is 102 Å². The normalized spacial score (nSPS) is 19.4. The van der Waals surface area contributed by atoms with E-state index in [1.54, 1.807) is 6.20 Å². The van der Waals surface area contributed by atoms with E-state index in [9.17, 15) is 9.59 Å². The SMILES string of the molecule is Nc1ccc2c(c1)CCCC2NC(=O)c1cnn(CC(=O)NC2CCCCC2)c1. The van der Waals surface area contributed by atoms with Crippen LogP contribution in [0.3, 0.4) is 0 Å². The predicted molar refractivity (Wildman–Crippen MR) is 111 cm³/mol. The Morgan fingerprint density at radius 3 is 2.76 bits per heavy atom. The van der Waals surface area contributed by atoms with Crippen molar-refractivity contribution in [3.8, 4) is 0 Å².